The Morgan fingerprint density at radius 2 is 2.03 bits per heavy atom. The van der Waals surface area contributed by atoms with Crippen LogP contribution in [0.5, 0.6) is 5.75 Å². The van der Waals surface area contributed by atoms with Gasteiger partial charge in [0.15, 0.2) is 0 Å². The summed E-state index contributed by atoms with van der Waals surface area (Å²) in [5.74, 6) is -2.13. The van der Waals surface area contributed by atoms with Crippen LogP contribution >= 0.6 is 11.6 Å². The van der Waals surface area contributed by atoms with Gasteiger partial charge in [-0.15, -0.1) is 0 Å². The van der Waals surface area contributed by atoms with Crippen LogP contribution < -0.4 is 0 Å². The number of hydrogen-bond acceptors (Lipinski definition) is 4. The number of carbonyl (C=O) groups is 1. The average Bonchev–Trinajstić information content (AvgIpc) is 3.41. The molecule has 36 heavy (non-hydrogen) atoms. The highest BCUT2D eigenvalue weighted by Crippen LogP contribution is 2.51. The zero-order valence-electron chi connectivity index (χ0n) is 19.9. The largest absolute Gasteiger partial charge is 0.508 e. The number of aromatic amines is 1. The minimum absolute atomic E-state index is 0.106. The van der Waals surface area contributed by atoms with Crippen molar-refractivity contribution in [3.63, 3.8) is 0 Å². The molecule has 0 spiro atoms. The zero-order valence-corrected chi connectivity index (χ0v) is 20.7. The Bertz CT molecular complexity index is 1410. The average molecular weight is 513 g/mol. The molecule has 0 aliphatic carbocycles. The SMILES string of the molecule is C=C1N(CCN2CCC(F)(F)C2)C(=O)[C@]2(C)Cc3c([nH]c4ccc(Cl)cc34)[C@@H](c3cccc(O)c3)N12. The van der Waals surface area contributed by atoms with E-state index in [1.807, 2.05) is 36.1 Å². The molecule has 2 aromatic carbocycles. The van der Waals surface area contributed by atoms with Crippen LogP contribution in [-0.4, -0.2) is 68.3 Å². The standard InChI is InChI=1S/C27H27ClF2N4O2/c1-16-33(11-10-32-9-8-27(29,30)15-32)25(36)26(2)14-21-20-13-18(28)6-7-22(20)31-23(21)24(34(16)26)17-4-3-5-19(35)12-17/h3-7,12-13,24,31,35H,1,8-11,14-15H2,2H3/t24-,26+/m1/s1. The normalized spacial score (nSPS) is 25.6. The van der Waals surface area contributed by atoms with Gasteiger partial charge in [0, 0.05) is 54.1 Å². The first kappa shape index (κ1) is 23.3. The number of rotatable bonds is 4. The fraction of sp³-hybridized carbons (Fsp3) is 0.370. The third-order valence-corrected chi connectivity index (χ3v) is 8.09. The number of likely N-dealkylation sites (tertiary alicyclic amines) is 1. The van der Waals surface area contributed by atoms with E-state index < -0.39 is 17.5 Å². The van der Waals surface area contributed by atoms with Crippen LogP contribution in [0.15, 0.2) is 54.9 Å². The molecule has 2 atom stereocenters. The lowest BCUT2D eigenvalue weighted by Crippen LogP contribution is -2.52. The fourth-order valence-corrected chi connectivity index (χ4v) is 6.31. The lowest BCUT2D eigenvalue weighted by atomic mass is 9.81. The lowest BCUT2D eigenvalue weighted by molar-refractivity contribution is -0.133. The minimum atomic E-state index is -2.68. The monoisotopic (exact) mass is 512 g/mol. The Labute approximate surface area is 212 Å². The summed E-state index contributed by atoms with van der Waals surface area (Å²) in [6.45, 7) is 6.87. The third kappa shape index (κ3) is 3.50. The number of aromatic nitrogens is 1. The number of hydrogen-bond donors (Lipinski definition) is 2. The number of alkyl halides is 2. The van der Waals surface area contributed by atoms with Crippen molar-refractivity contribution in [1.82, 2.24) is 19.7 Å². The van der Waals surface area contributed by atoms with Crippen LogP contribution in [0.3, 0.4) is 0 Å². The Kier molecular flexibility index (Phi) is 5.15. The summed E-state index contributed by atoms with van der Waals surface area (Å²) in [6.07, 6.45) is 0.281. The predicted molar refractivity (Wildman–Crippen MR) is 134 cm³/mol. The molecule has 6 nitrogen and oxygen atoms in total. The molecule has 1 aromatic heterocycles. The van der Waals surface area contributed by atoms with Crippen molar-refractivity contribution in [3.05, 3.63) is 76.7 Å². The van der Waals surface area contributed by atoms with E-state index in [1.165, 1.54) is 0 Å². The van der Waals surface area contributed by atoms with Gasteiger partial charge in [0.1, 0.15) is 17.1 Å². The van der Waals surface area contributed by atoms with E-state index in [0.29, 0.717) is 30.4 Å². The number of H-pyrrole nitrogens is 1. The van der Waals surface area contributed by atoms with E-state index in [1.54, 1.807) is 28.0 Å². The molecule has 2 saturated heterocycles. The first-order chi connectivity index (χ1) is 17.1. The van der Waals surface area contributed by atoms with Gasteiger partial charge >= 0.3 is 0 Å². The molecule has 4 heterocycles. The summed E-state index contributed by atoms with van der Waals surface area (Å²) >= 11 is 6.33. The van der Waals surface area contributed by atoms with Crippen LogP contribution in [-0.2, 0) is 11.2 Å². The number of nitrogens with zero attached hydrogens (tertiary/aromatic N) is 3. The summed E-state index contributed by atoms with van der Waals surface area (Å²) in [7, 11) is 0. The first-order valence-corrected chi connectivity index (χ1v) is 12.4. The maximum Gasteiger partial charge on any atom is 0.261 e. The molecule has 2 fully saturated rings. The van der Waals surface area contributed by atoms with Crippen LogP contribution in [0.2, 0.25) is 5.02 Å². The molecule has 0 radical (unpaired) electrons. The van der Waals surface area contributed by atoms with Gasteiger partial charge in [-0.2, -0.15) is 0 Å². The number of aromatic hydroxyl groups is 1. The van der Waals surface area contributed by atoms with Gasteiger partial charge in [-0.05, 0) is 48.4 Å². The molecule has 0 unspecified atom stereocenters. The maximum atomic E-state index is 14.0. The molecule has 6 rings (SSSR count). The number of amides is 1. The van der Waals surface area contributed by atoms with Gasteiger partial charge in [-0.3, -0.25) is 14.6 Å². The topological polar surface area (TPSA) is 62.8 Å². The van der Waals surface area contributed by atoms with Crippen molar-refractivity contribution in [2.45, 2.75) is 37.3 Å². The van der Waals surface area contributed by atoms with Gasteiger partial charge in [0.05, 0.1) is 12.6 Å². The summed E-state index contributed by atoms with van der Waals surface area (Å²) in [5.41, 5.74) is 2.72. The molecule has 3 aliphatic heterocycles. The summed E-state index contributed by atoms with van der Waals surface area (Å²) in [5, 5.41) is 11.8. The summed E-state index contributed by atoms with van der Waals surface area (Å²) < 4.78 is 27.4. The highest BCUT2D eigenvalue weighted by atomic mass is 35.5. The second-order valence-corrected chi connectivity index (χ2v) is 10.7. The van der Waals surface area contributed by atoms with Crippen LogP contribution in [0.1, 0.15) is 36.2 Å². The van der Waals surface area contributed by atoms with E-state index in [9.17, 15) is 18.7 Å². The Morgan fingerprint density at radius 3 is 2.75 bits per heavy atom. The molecule has 1 amide bonds. The van der Waals surface area contributed by atoms with Gasteiger partial charge < -0.3 is 15.0 Å². The number of nitrogens with one attached hydrogen (secondary N) is 1. The van der Waals surface area contributed by atoms with E-state index in [4.69, 9.17) is 11.6 Å². The summed E-state index contributed by atoms with van der Waals surface area (Å²) in [4.78, 5) is 22.8. The maximum absolute atomic E-state index is 14.0. The lowest BCUT2D eigenvalue weighted by Gasteiger charge is -2.44. The smallest absolute Gasteiger partial charge is 0.261 e. The minimum Gasteiger partial charge on any atom is -0.508 e. The Balaban J connectivity index is 1.42. The third-order valence-electron chi connectivity index (χ3n) is 7.86. The van der Waals surface area contributed by atoms with Crippen LogP contribution in [0.4, 0.5) is 8.78 Å². The van der Waals surface area contributed by atoms with E-state index >= 15 is 0 Å². The number of phenols is 1. The molecular weight excluding hydrogens is 486 g/mol. The number of fused-ring (bicyclic) bond motifs is 4. The molecule has 0 bridgehead atoms. The molecular formula is C27H27ClF2N4O2. The quantitative estimate of drug-likeness (QED) is 0.522. The zero-order chi connectivity index (χ0) is 25.4. The second kappa shape index (κ2) is 7.95. The number of carbonyl (C=O) groups excluding carboxylic acids is 1. The number of halogens is 3. The first-order valence-electron chi connectivity index (χ1n) is 12.1. The van der Waals surface area contributed by atoms with E-state index in [2.05, 4.69) is 11.6 Å². The second-order valence-electron chi connectivity index (χ2n) is 10.3. The van der Waals surface area contributed by atoms with Gasteiger partial charge in [0.25, 0.3) is 11.8 Å². The van der Waals surface area contributed by atoms with Gasteiger partial charge in [-0.1, -0.05) is 30.3 Å². The molecule has 2 N–H and O–H groups in total. The highest BCUT2D eigenvalue weighted by Gasteiger charge is 2.57. The van der Waals surface area contributed by atoms with Crippen molar-refractivity contribution in [2.75, 3.05) is 26.2 Å². The Morgan fingerprint density at radius 1 is 1.22 bits per heavy atom. The van der Waals surface area contributed by atoms with Crippen molar-refractivity contribution in [2.24, 2.45) is 0 Å². The molecule has 188 valence electrons. The Hall–Kier alpha value is -3.10. The van der Waals surface area contributed by atoms with Crippen molar-refractivity contribution in [3.8, 4) is 5.75 Å². The van der Waals surface area contributed by atoms with E-state index in [0.717, 1.165) is 27.7 Å². The molecule has 9 heteroatoms. The number of benzene rings is 2. The number of phenolic OH excluding ortho intramolecular Hbond substituents is 1. The predicted octanol–water partition coefficient (Wildman–Crippen LogP) is 4.89. The highest BCUT2D eigenvalue weighted by molar-refractivity contribution is 6.31. The van der Waals surface area contributed by atoms with Gasteiger partial charge in [-0.25, -0.2) is 8.78 Å². The molecule has 0 saturated carbocycles. The fourth-order valence-electron chi connectivity index (χ4n) is 6.14. The molecule has 3 aromatic rings. The van der Waals surface area contributed by atoms with E-state index in [-0.39, 0.29) is 31.2 Å². The van der Waals surface area contributed by atoms with Crippen LogP contribution in [0.25, 0.3) is 10.9 Å². The van der Waals surface area contributed by atoms with Crippen molar-refractivity contribution < 1.29 is 18.7 Å². The van der Waals surface area contributed by atoms with Crippen molar-refractivity contribution in [1.29, 1.82) is 0 Å². The molecule has 3 aliphatic rings. The van der Waals surface area contributed by atoms with Crippen molar-refractivity contribution >= 4 is 28.4 Å². The van der Waals surface area contributed by atoms with Crippen LogP contribution in [0, 0.1) is 0 Å². The summed E-state index contributed by atoms with van der Waals surface area (Å²) in [6, 6.07) is 12.3. The van der Waals surface area contributed by atoms with Gasteiger partial charge in [0.2, 0.25) is 0 Å².